The first-order valence-corrected chi connectivity index (χ1v) is 9.00. The fourth-order valence-electron chi connectivity index (χ4n) is 3.13. The number of nitrogens with one attached hydrogen (secondary N) is 1. The number of carbonyl (C=O) groups is 1. The Labute approximate surface area is 151 Å². The fourth-order valence-corrected chi connectivity index (χ4v) is 3.32. The lowest BCUT2D eigenvalue weighted by atomic mass is 10.2. The van der Waals surface area contributed by atoms with Crippen molar-refractivity contribution >= 4 is 28.5 Å². The number of para-hydroxylation sites is 2. The first-order valence-electron chi connectivity index (χ1n) is 8.62. The molecule has 1 aromatic heterocycles. The topological polar surface area (TPSA) is 46.9 Å². The minimum atomic E-state index is -0.150. The molecule has 0 spiro atoms. The van der Waals surface area contributed by atoms with Crippen LogP contribution in [0.1, 0.15) is 37.2 Å². The Bertz CT molecular complexity index is 930. The number of nitrogens with zero attached hydrogens (tertiary/aromatic N) is 2. The molecule has 4 nitrogen and oxygen atoms in total. The summed E-state index contributed by atoms with van der Waals surface area (Å²) in [5.74, 6) is 1.17. The first-order chi connectivity index (χ1) is 12.1. The van der Waals surface area contributed by atoms with E-state index in [1.54, 1.807) is 0 Å². The summed E-state index contributed by atoms with van der Waals surface area (Å²) < 4.78 is 2.15. The van der Waals surface area contributed by atoms with Crippen LogP contribution in [-0.2, 0) is 11.3 Å². The van der Waals surface area contributed by atoms with Gasteiger partial charge in [0.2, 0.25) is 5.91 Å². The van der Waals surface area contributed by atoms with Crippen LogP contribution in [0.4, 0.5) is 0 Å². The van der Waals surface area contributed by atoms with Crippen LogP contribution in [0.2, 0.25) is 5.02 Å². The van der Waals surface area contributed by atoms with Crippen LogP contribution in [0.15, 0.2) is 48.5 Å². The van der Waals surface area contributed by atoms with E-state index in [9.17, 15) is 4.79 Å². The predicted molar refractivity (Wildman–Crippen MR) is 99.6 cm³/mol. The highest BCUT2D eigenvalue weighted by atomic mass is 35.5. The number of benzene rings is 2. The summed E-state index contributed by atoms with van der Waals surface area (Å²) in [5.41, 5.74) is 3.01. The molecule has 1 amide bonds. The lowest BCUT2D eigenvalue weighted by molar-refractivity contribution is -0.123. The maximum absolute atomic E-state index is 12.2. The Kier molecular flexibility index (Phi) is 4.22. The van der Waals surface area contributed by atoms with Gasteiger partial charge in [0.15, 0.2) is 0 Å². The zero-order chi connectivity index (χ0) is 17.4. The van der Waals surface area contributed by atoms with Gasteiger partial charge in [0.25, 0.3) is 0 Å². The predicted octanol–water partition coefficient (Wildman–Crippen LogP) is 4.33. The van der Waals surface area contributed by atoms with E-state index in [1.807, 2.05) is 49.4 Å². The molecule has 0 bridgehead atoms. The Morgan fingerprint density at radius 1 is 1.24 bits per heavy atom. The highest BCUT2D eigenvalue weighted by Gasteiger charge is 2.31. The molecule has 2 aromatic carbocycles. The van der Waals surface area contributed by atoms with Gasteiger partial charge in [-0.2, -0.15) is 0 Å². The second-order valence-electron chi connectivity index (χ2n) is 6.64. The SMILES string of the molecule is CC(NC(=O)C1CC1)c1nc2ccccc2n1Cc1ccccc1Cl. The van der Waals surface area contributed by atoms with Crippen molar-refractivity contribution in [3.8, 4) is 0 Å². The Balaban J connectivity index is 1.72. The summed E-state index contributed by atoms with van der Waals surface area (Å²) in [6.07, 6.45) is 1.99. The smallest absolute Gasteiger partial charge is 0.223 e. The summed E-state index contributed by atoms with van der Waals surface area (Å²) in [6.45, 7) is 2.61. The molecule has 128 valence electrons. The number of hydrogen-bond donors (Lipinski definition) is 1. The summed E-state index contributed by atoms with van der Waals surface area (Å²) in [4.78, 5) is 16.9. The first kappa shape index (κ1) is 16.2. The van der Waals surface area contributed by atoms with Crippen LogP contribution < -0.4 is 5.32 Å². The highest BCUT2D eigenvalue weighted by Crippen LogP contribution is 2.30. The van der Waals surface area contributed by atoms with Gasteiger partial charge in [-0.15, -0.1) is 0 Å². The third-order valence-corrected chi connectivity index (χ3v) is 5.03. The van der Waals surface area contributed by atoms with Gasteiger partial charge < -0.3 is 9.88 Å². The van der Waals surface area contributed by atoms with Crippen LogP contribution in [-0.4, -0.2) is 15.5 Å². The van der Waals surface area contributed by atoms with Crippen LogP contribution in [0.3, 0.4) is 0 Å². The lowest BCUT2D eigenvalue weighted by Gasteiger charge is -2.17. The lowest BCUT2D eigenvalue weighted by Crippen LogP contribution is -2.30. The summed E-state index contributed by atoms with van der Waals surface area (Å²) in [5, 5.41) is 3.84. The third kappa shape index (κ3) is 3.27. The number of hydrogen-bond acceptors (Lipinski definition) is 2. The van der Waals surface area contributed by atoms with Crippen molar-refractivity contribution in [2.24, 2.45) is 5.92 Å². The number of rotatable bonds is 5. The van der Waals surface area contributed by atoms with Gasteiger partial charge in [-0.05, 0) is 43.5 Å². The Morgan fingerprint density at radius 2 is 1.96 bits per heavy atom. The third-order valence-electron chi connectivity index (χ3n) is 4.66. The van der Waals surface area contributed by atoms with E-state index < -0.39 is 0 Å². The number of amides is 1. The molecule has 1 heterocycles. The molecule has 1 fully saturated rings. The summed E-state index contributed by atoms with van der Waals surface area (Å²) in [7, 11) is 0. The fraction of sp³-hybridized carbons (Fsp3) is 0.300. The van der Waals surface area contributed by atoms with E-state index in [0.29, 0.717) is 6.54 Å². The molecule has 1 unspecified atom stereocenters. The van der Waals surface area contributed by atoms with Crippen LogP contribution in [0.5, 0.6) is 0 Å². The molecule has 0 aliphatic heterocycles. The molecule has 3 aromatic rings. The maximum Gasteiger partial charge on any atom is 0.223 e. The molecular weight excluding hydrogens is 334 g/mol. The zero-order valence-electron chi connectivity index (χ0n) is 14.1. The molecule has 4 rings (SSSR count). The van der Waals surface area contributed by atoms with Gasteiger partial charge in [-0.3, -0.25) is 4.79 Å². The average molecular weight is 354 g/mol. The van der Waals surface area contributed by atoms with E-state index in [-0.39, 0.29) is 17.9 Å². The monoisotopic (exact) mass is 353 g/mol. The van der Waals surface area contributed by atoms with Gasteiger partial charge in [-0.1, -0.05) is 41.9 Å². The molecule has 1 N–H and O–H groups in total. The van der Waals surface area contributed by atoms with E-state index in [1.165, 1.54) is 0 Å². The molecule has 0 saturated heterocycles. The van der Waals surface area contributed by atoms with Gasteiger partial charge in [0.05, 0.1) is 23.6 Å². The number of halogens is 1. The highest BCUT2D eigenvalue weighted by molar-refractivity contribution is 6.31. The quantitative estimate of drug-likeness (QED) is 0.742. The van der Waals surface area contributed by atoms with Gasteiger partial charge in [0, 0.05) is 10.9 Å². The van der Waals surface area contributed by atoms with E-state index in [0.717, 1.165) is 40.3 Å². The second kappa shape index (κ2) is 6.52. The largest absolute Gasteiger partial charge is 0.346 e. The molecule has 5 heteroatoms. The molecule has 1 aliphatic rings. The minimum Gasteiger partial charge on any atom is -0.346 e. The minimum absolute atomic E-state index is 0.129. The Morgan fingerprint density at radius 3 is 2.72 bits per heavy atom. The normalized spacial score (nSPS) is 15.3. The number of imidazole rings is 1. The summed E-state index contributed by atoms with van der Waals surface area (Å²) in [6, 6.07) is 15.7. The summed E-state index contributed by atoms with van der Waals surface area (Å²) >= 11 is 6.35. The molecule has 0 radical (unpaired) electrons. The molecule has 25 heavy (non-hydrogen) atoms. The van der Waals surface area contributed by atoms with Crippen LogP contribution in [0, 0.1) is 5.92 Å². The number of carbonyl (C=O) groups excluding carboxylic acids is 1. The van der Waals surface area contributed by atoms with Gasteiger partial charge in [-0.25, -0.2) is 4.98 Å². The van der Waals surface area contributed by atoms with E-state index in [4.69, 9.17) is 16.6 Å². The average Bonchev–Trinajstić information content (AvgIpc) is 3.40. The van der Waals surface area contributed by atoms with E-state index in [2.05, 4.69) is 16.0 Å². The maximum atomic E-state index is 12.2. The standard InChI is InChI=1S/C20H20ClN3O/c1-13(22-20(25)14-10-11-14)19-23-17-8-4-5-9-18(17)24(19)12-15-6-2-3-7-16(15)21/h2-9,13-14H,10-12H2,1H3,(H,22,25). The van der Waals surface area contributed by atoms with Crippen molar-refractivity contribution in [3.05, 3.63) is 64.9 Å². The van der Waals surface area contributed by atoms with Crippen molar-refractivity contribution in [3.63, 3.8) is 0 Å². The van der Waals surface area contributed by atoms with Crippen molar-refractivity contribution in [1.82, 2.24) is 14.9 Å². The number of fused-ring (bicyclic) bond motifs is 1. The molecule has 1 aliphatic carbocycles. The van der Waals surface area contributed by atoms with Crippen molar-refractivity contribution in [1.29, 1.82) is 0 Å². The van der Waals surface area contributed by atoms with Crippen LogP contribution in [0.25, 0.3) is 11.0 Å². The van der Waals surface area contributed by atoms with Gasteiger partial charge >= 0.3 is 0 Å². The zero-order valence-corrected chi connectivity index (χ0v) is 14.8. The van der Waals surface area contributed by atoms with Crippen LogP contribution >= 0.6 is 11.6 Å². The van der Waals surface area contributed by atoms with Crippen molar-refractivity contribution in [2.45, 2.75) is 32.4 Å². The molecule has 1 atom stereocenters. The Hall–Kier alpha value is -2.33. The van der Waals surface area contributed by atoms with Gasteiger partial charge in [0.1, 0.15) is 5.82 Å². The van der Waals surface area contributed by atoms with E-state index >= 15 is 0 Å². The second-order valence-corrected chi connectivity index (χ2v) is 7.05. The van der Waals surface area contributed by atoms with Crippen molar-refractivity contribution < 1.29 is 4.79 Å². The number of aromatic nitrogens is 2. The molecular formula is C20H20ClN3O. The van der Waals surface area contributed by atoms with Crippen molar-refractivity contribution in [2.75, 3.05) is 0 Å². The molecule has 1 saturated carbocycles.